The minimum Gasteiger partial charge on any atom is -0.497 e. The van der Waals surface area contributed by atoms with E-state index in [-0.39, 0.29) is 41.0 Å². The van der Waals surface area contributed by atoms with Gasteiger partial charge >= 0.3 is 6.09 Å². The summed E-state index contributed by atoms with van der Waals surface area (Å²) in [6.07, 6.45) is -2.94. The van der Waals surface area contributed by atoms with E-state index in [1.54, 1.807) is 27.7 Å². The van der Waals surface area contributed by atoms with Crippen molar-refractivity contribution in [1.29, 1.82) is 0 Å². The second-order valence-corrected chi connectivity index (χ2v) is 20.2. The van der Waals surface area contributed by atoms with Crippen LogP contribution in [0.3, 0.4) is 0 Å². The molecule has 1 saturated heterocycles. The first kappa shape index (κ1) is 45.0. The van der Waals surface area contributed by atoms with Crippen molar-refractivity contribution in [1.82, 2.24) is 30.2 Å². The molecule has 4 aliphatic rings. The minimum absolute atomic E-state index is 0. The van der Waals surface area contributed by atoms with Gasteiger partial charge in [0.15, 0.2) is 5.69 Å². The molecule has 3 saturated carbocycles. The summed E-state index contributed by atoms with van der Waals surface area (Å²) >= 11 is 0. The molecule has 4 fully saturated rings. The lowest BCUT2D eigenvalue weighted by atomic mass is 9.85. The van der Waals surface area contributed by atoms with Crippen LogP contribution in [-0.2, 0) is 30.3 Å². The van der Waals surface area contributed by atoms with Gasteiger partial charge < -0.3 is 30.1 Å². The van der Waals surface area contributed by atoms with Gasteiger partial charge in [-0.2, -0.15) is 8.78 Å². The average molecular weight is 877 g/mol. The molecule has 3 aliphatic carbocycles. The van der Waals surface area contributed by atoms with Crippen molar-refractivity contribution >= 4 is 44.9 Å². The summed E-state index contributed by atoms with van der Waals surface area (Å²) in [5, 5.41) is 14.3. The third kappa shape index (κ3) is 9.22. The number of halogens is 4. The van der Waals surface area contributed by atoms with Gasteiger partial charge in [0.1, 0.15) is 29.5 Å². The number of ether oxygens (including phenoxy) is 2. The van der Waals surface area contributed by atoms with Crippen molar-refractivity contribution in [2.24, 2.45) is 23.2 Å². The van der Waals surface area contributed by atoms with E-state index in [4.69, 9.17) is 9.47 Å². The first-order valence-corrected chi connectivity index (χ1v) is 21.8. The van der Waals surface area contributed by atoms with Gasteiger partial charge in [0.2, 0.25) is 34.1 Å². The van der Waals surface area contributed by atoms with Crippen molar-refractivity contribution in [3.63, 3.8) is 0 Å². The Bertz CT molecular complexity index is 2130. The molecule has 4 amide bonds. The highest BCUT2D eigenvalue weighted by Gasteiger charge is 2.68. The summed E-state index contributed by atoms with van der Waals surface area (Å²) in [5.41, 5.74) is -3.99. The molecule has 2 heterocycles. The molecule has 338 valence electrons. The number of likely N-dealkylation sites (tertiary alicyclic amines) is 1. The fraction of sp³-hybridized carbons (Fsp3) is 0.700. The largest absolute Gasteiger partial charge is 0.497 e. The lowest BCUT2D eigenvalue weighted by molar-refractivity contribution is -0.143. The quantitative estimate of drug-likeness (QED) is 0.0974. The molecule has 20 heteroatoms. The van der Waals surface area contributed by atoms with E-state index in [9.17, 15) is 41.5 Å². The molecule has 0 bridgehead atoms. The molecule has 1 aromatic heterocycles. The molecule has 0 radical (unpaired) electrons. The maximum Gasteiger partial charge on any atom is 0.405 e. The van der Waals surface area contributed by atoms with E-state index < -0.39 is 123 Å². The van der Waals surface area contributed by atoms with E-state index >= 15 is 8.78 Å². The Balaban J connectivity index is 0.00000352. The summed E-state index contributed by atoms with van der Waals surface area (Å²) in [4.78, 5) is 64.4. The standard InChI is InChI=1S/C40H54F4N6O9S.3H2/c1-7-23-27(59-33-29(40(43,44)15-9-8-10-21-11-12-21)45-25-14-13-22(58-6)18-26(25)46-33)20-50(34(52)30(37(2,3)4)47-36(54)55)28(23)32(51)48-39(19-24(39)31(41)42)35(53)49-60(56,57)38(5)16-17-38;;;/h13-14,18,21,23-24,27-28,30-31,47H,7-12,15-17,19-20H2,1-6H3,(H,48,51)(H,49,53)(H,54,55);3*1H/t23-,24+,27+,28+,30-,39-;;;/m1.../s1. The van der Waals surface area contributed by atoms with E-state index in [2.05, 4.69) is 20.6 Å². The van der Waals surface area contributed by atoms with Crippen LogP contribution >= 0.6 is 0 Å². The fourth-order valence-electron chi connectivity index (χ4n) is 8.03. The number of fused-ring (bicyclic) bond motifs is 1. The summed E-state index contributed by atoms with van der Waals surface area (Å²) in [7, 11) is -2.92. The maximum absolute atomic E-state index is 16.3. The number of hydrogen-bond donors (Lipinski definition) is 4. The first-order chi connectivity index (χ1) is 28.0. The van der Waals surface area contributed by atoms with Crippen molar-refractivity contribution in [2.75, 3.05) is 13.7 Å². The van der Waals surface area contributed by atoms with Crippen molar-refractivity contribution in [2.45, 2.75) is 140 Å². The molecular weight excluding hydrogens is 817 g/mol. The number of amides is 4. The van der Waals surface area contributed by atoms with Crippen molar-refractivity contribution in [3.05, 3.63) is 23.9 Å². The van der Waals surface area contributed by atoms with Gasteiger partial charge in [0, 0.05) is 22.7 Å². The highest BCUT2D eigenvalue weighted by molar-refractivity contribution is 7.91. The third-order valence-electron chi connectivity index (χ3n) is 12.4. The Morgan fingerprint density at radius 1 is 1.08 bits per heavy atom. The van der Waals surface area contributed by atoms with Gasteiger partial charge in [-0.1, -0.05) is 53.4 Å². The minimum atomic E-state index is -4.33. The number of benzene rings is 1. The molecule has 1 aliphatic heterocycles. The smallest absolute Gasteiger partial charge is 0.405 e. The summed E-state index contributed by atoms with van der Waals surface area (Å²) in [5.74, 6) is -9.50. The number of rotatable bonds is 18. The van der Waals surface area contributed by atoms with Crippen LogP contribution in [0.1, 0.15) is 109 Å². The third-order valence-corrected chi connectivity index (χ3v) is 14.6. The Morgan fingerprint density at radius 3 is 2.32 bits per heavy atom. The van der Waals surface area contributed by atoms with Gasteiger partial charge in [-0.3, -0.25) is 19.1 Å². The predicted octanol–water partition coefficient (Wildman–Crippen LogP) is 6.24. The monoisotopic (exact) mass is 876 g/mol. The second kappa shape index (κ2) is 16.4. The highest BCUT2D eigenvalue weighted by Crippen LogP contribution is 2.50. The second-order valence-electron chi connectivity index (χ2n) is 18.0. The van der Waals surface area contributed by atoms with Gasteiger partial charge in [-0.15, -0.1) is 0 Å². The number of carbonyl (C=O) groups excluding carboxylic acids is 3. The summed E-state index contributed by atoms with van der Waals surface area (Å²) < 4.78 is 99.4. The Hall–Kier alpha value is -4.49. The van der Waals surface area contributed by atoms with Crippen LogP contribution < -0.4 is 24.8 Å². The summed E-state index contributed by atoms with van der Waals surface area (Å²) in [6, 6.07) is 1.35. The first-order valence-electron chi connectivity index (χ1n) is 20.3. The number of aromatic nitrogens is 2. The number of methoxy groups -OCH3 is 1. The maximum atomic E-state index is 16.3. The zero-order valence-corrected chi connectivity index (χ0v) is 35.3. The van der Waals surface area contributed by atoms with E-state index in [1.807, 2.05) is 4.72 Å². The lowest BCUT2D eigenvalue weighted by Crippen LogP contribution is -2.61. The Labute approximate surface area is 350 Å². The Morgan fingerprint density at radius 2 is 1.77 bits per heavy atom. The lowest BCUT2D eigenvalue weighted by Gasteiger charge is -2.35. The fourth-order valence-corrected chi connectivity index (χ4v) is 9.34. The molecule has 6 rings (SSSR count). The Kier molecular flexibility index (Phi) is 12.3. The van der Waals surface area contributed by atoms with Crippen LogP contribution in [0.25, 0.3) is 11.0 Å². The topological polar surface area (TPSA) is 206 Å². The van der Waals surface area contributed by atoms with Crippen LogP contribution in [0.2, 0.25) is 0 Å². The average Bonchev–Trinajstić information content (AvgIpc) is 4.10. The number of alkyl halides is 4. The number of nitrogens with zero attached hydrogens (tertiary/aromatic N) is 3. The van der Waals surface area contributed by atoms with Crippen molar-refractivity contribution < 1.29 is 64.0 Å². The number of carbonyl (C=O) groups is 4. The predicted molar refractivity (Wildman–Crippen MR) is 215 cm³/mol. The van der Waals surface area contributed by atoms with Gasteiger partial charge in [0.05, 0.1) is 35.4 Å². The molecule has 60 heavy (non-hydrogen) atoms. The number of nitrogens with one attached hydrogen (secondary N) is 3. The zero-order valence-electron chi connectivity index (χ0n) is 34.5. The molecular formula is C40H60F4N6O9S. The number of sulfonamides is 1. The molecule has 1 aromatic carbocycles. The van der Waals surface area contributed by atoms with Crippen LogP contribution in [0.5, 0.6) is 11.6 Å². The summed E-state index contributed by atoms with van der Waals surface area (Å²) in [6.45, 7) is 7.22. The molecule has 0 unspecified atom stereocenters. The highest BCUT2D eigenvalue weighted by atomic mass is 32.2. The zero-order chi connectivity index (χ0) is 44.2. The van der Waals surface area contributed by atoms with Crippen LogP contribution in [0, 0.1) is 23.2 Å². The van der Waals surface area contributed by atoms with Gasteiger partial charge in [-0.05, 0) is 62.5 Å². The van der Waals surface area contributed by atoms with Gasteiger partial charge in [0.25, 0.3) is 11.8 Å². The van der Waals surface area contributed by atoms with Crippen LogP contribution in [-0.4, -0.2) is 101 Å². The van der Waals surface area contributed by atoms with E-state index in [0.29, 0.717) is 18.1 Å². The normalized spacial score (nSPS) is 25.4. The molecule has 6 atom stereocenters. The number of hydrogen-bond acceptors (Lipinski definition) is 10. The van der Waals surface area contributed by atoms with Gasteiger partial charge in [-0.25, -0.2) is 32.0 Å². The SMILES string of the molecule is CC[C@@H]1[C@@H](Oc2nc3cc(OC)ccc3nc2C(F)(F)CCCCC2CC2)CN(C(=O)[C@@H](NC(=O)O)C(C)(C)C)[C@@H]1C(=O)N[C@]1(C(=O)NS(=O)(=O)C2(C)CC2)C[C@H]1C(F)F.[HH].[HH].[HH]. The number of carboxylic acid groups (broad SMARTS) is 1. The van der Waals surface area contributed by atoms with E-state index in [1.165, 1.54) is 32.2 Å². The van der Waals surface area contributed by atoms with E-state index in [0.717, 1.165) is 24.2 Å². The van der Waals surface area contributed by atoms with Crippen LogP contribution in [0.4, 0.5) is 22.4 Å². The molecule has 0 spiro atoms. The van der Waals surface area contributed by atoms with Crippen molar-refractivity contribution in [3.8, 4) is 11.6 Å². The molecule has 4 N–H and O–H groups in total. The van der Waals surface area contributed by atoms with Crippen LogP contribution in [0.15, 0.2) is 18.2 Å². The molecule has 15 nitrogen and oxygen atoms in total. The molecule has 2 aromatic rings. The number of unbranched alkanes of at least 4 members (excludes halogenated alkanes) is 1.